The van der Waals surface area contributed by atoms with E-state index < -0.39 is 0 Å². The quantitative estimate of drug-likeness (QED) is 0.709. The van der Waals surface area contributed by atoms with Gasteiger partial charge < -0.3 is 11.1 Å². The number of nitrogens with zero attached hydrogens (tertiary/aromatic N) is 1. The van der Waals surface area contributed by atoms with Gasteiger partial charge in [0.05, 0.1) is 11.2 Å². The van der Waals surface area contributed by atoms with Gasteiger partial charge in [0.25, 0.3) is 0 Å². The van der Waals surface area contributed by atoms with Crippen LogP contribution >= 0.6 is 23.8 Å². The van der Waals surface area contributed by atoms with Gasteiger partial charge in [0.1, 0.15) is 4.99 Å². The second kappa shape index (κ2) is 5.68. The fourth-order valence-electron chi connectivity index (χ4n) is 2.14. The van der Waals surface area contributed by atoms with Gasteiger partial charge in [0, 0.05) is 27.9 Å². The lowest BCUT2D eigenvalue weighted by Gasteiger charge is -2.12. The average Bonchev–Trinajstić information content (AvgIpc) is 2.47. The summed E-state index contributed by atoms with van der Waals surface area (Å²) in [7, 11) is 0. The molecular weight excluding hydrogens is 302 g/mol. The number of hydrogen-bond acceptors (Lipinski definition) is 3. The Morgan fingerprint density at radius 2 is 2.00 bits per heavy atom. The lowest BCUT2D eigenvalue weighted by atomic mass is 10.1. The monoisotopic (exact) mass is 313 g/mol. The van der Waals surface area contributed by atoms with Crippen LogP contribution < -0.4 is 11.1 Å². The fraction of sp³-hybridized carbons (Fsp3) is 0. The van der Waals surface area contributed by atoms with Crippen molar-refractivity contribution in [3.8, 4) is 0 Å². The topological polar surface area (TPSA) is 50.9 Å². The van der Waals surface area contributed by atoms with E-state index in [1.54, 1.807) is 12.3 Å². The lowest BCUT2D eigenvalue weighted by molar-refractivity contribution is 1.41. The van der Waals surface area contributed by atoms with Crippen LogP contribution in [0.15, 0.2) is 54.7 Å². The standard InChI is InChI=1S/C16H12ClN3S/c17-11-3-5-13(16(18)21)15(9-11)20-12-4-6-14-10(8-12)2-1-7-19-14/h1-9,20H,(H2,18,21). The molecule has 0 atom stereocenters. The average molecular weight is 314 g/mol. The summed E-state index contributed by atoms with van der Waals surface area (Å²) >= 11 is 11.1. The molecule has 0 saturated heterocycles. The maximum atomic E-state index is 6.05. The molecule has 3 aromatic rings. The highest BCUT2D eigenvalue weighted by Gasteiger charge is 2.07. The Morgan fingerprint density at radius 1 is 1.14 bits per heavy atom. The van der Waals surface area contributed by atoms with E-state index in [0.717, 1.165) is 27.8 Å². The van der Waals surface area contributed by atoms with Crippen molar-refractivity contribution in [2.24, 2.45) is 5.73 Å². The number of halogens is 1. The molecule has 5 heteroatoms. The number of nitrogens with one attached hydrogen (secondary N) is 1. The van der Waals surface area contributed by atoms with Gasteiger partial charge in [0.15, 0.2) is 0 Å². The third-order valence-corrected chi connectivity index (χ3v) is 3.58. The van der Waals surface area contributed by atoms with E-state index in [9.17, 15) is 0 Å². The largest absolute Gasteiger partial charge is 0.389 e. The first-order chi connectivity index (χ1) is 10.1. The minimum absolute atomic E-state index is 0.330. The first-order valence-electron chi connectivity index (χ1n) is 6.34. The maximum Gasteiger partial charge on any atom is 0.106 e. The Hall–Kier alpha value is -2.17. The van der Waals surface area contributed by atoms with E-state index in [1.807, 2.05) is 42.5 Å². The number of pyridine rings is 1. The van der Waals surface area contributed by atoms with Crippen molar-refractivity contribution in [2.45, 2.75) is 0 Å². The maximum absolute atomic E-state index is 6.05. The van der Waals surface area contributed by atoms with Crippen LogP contribution in [0.5, 0.6) is 0 Å². The van der Waals surface area contributed by atoms with Gasteiger partial charge in [-0.05, 0) is 42.5 Å². The molecule has 104 valence electrons. The molecular formula is C16H12ClN3S. The third kappa shape index (κ3) is 2.96. The molecule has 0 bridgehead atoms. The molecule has 3 N–H and O–H groups in total. The van der Waals surface area contributed by atoms with E-state index in [4.69, 9.17) is 29.6 Å². The van der Waals surface area contributed by atoms with Crippen molar-refractivity contribution in [1.29, 1.82) is 0 Å². The van der Waals surface area contributed by atoms with Crippen molar-refractivity contribution in [2.75, 3.05) is 5.32 Å². The van der Waals surface area contributed by atoms with Crippen LogP contribution in [0.2, 0.25) is 5.02 Å². The number of anilines is 2. The van der Waals surface area contributed by atoms with Crippen LogP contribution in [-0.2, 0) is 0 Å². The van der Waals surface area contributed by atoms with E-state index >= 15 is 0 Å². The number of fused-ring (bicyclic) bond motifs is 1. The molecule has 0 amide bonds. The smallest absolute Gasteiger partial charge is 0.106 e. The highest BCUT2D eigenvalue weighted by atomic mass is 35.5. The lowest BCUT2D eigenvalue weighted by Crippen LogP contribution is -2.11. The molecule has 21 heavy (non-hydrogen) atoms. The Bertz CT molecular complexity index is 833. The molecule has 0 aliphatic rings. The zero-order chi connectivity index (χ0) is 14.8. The van der Waals surface area contributed by atoms with E-state index in [1.165, 1.54) is 0 Å². The second-order valence-electron chi connectivity index (χ2n) is 4.59. The number of aromatic nitrogens is 1. The van der Waals surface area contributed by atoms with Crippen LogP contribution in [0.4, 0.5) is 11.4 Å². The molecule has 0 spiro atoms. The van der Waals surface area contributed by atoms with Gasteiger partial charge >= 0.3 is 0 Å². The van der Waals surface area contributed by atoms with Crippen molar-refractivity contribution in [3.05, 3.63) is 65.3 Å². The van der Waals surface area contributed by atoms with E-state index in [0.29, 0.717) is 10.0 Å². The minimum atomic E-state index is 0.330. The second-order valence-corrected chi connectivity index (χ2v) is 5.47. The summed E-state index contributed by atoms with van der Waals surface area (Å²) < 4.78 is 0. The van der Waals surface area contributed by atoms with Gasteiger partial charge in [-0.15, -0.1) is 0 Å². The summed E-state index contributed by atoms with van der Waals surface area (Å²) in [5.74, 6) is 0. The first kappa shape index (κ1) is 13.8. The predicted octanol–water partition coefficient (Wildman–Crippen LogP) is 4.27. The van der Waals surface area contributed by atoms with E-state index in [-0.39, 0.29) is 0 Å². The molecule has 0 fully saturated rings. The van der Waals surface area contributed by atoms with Gasteiger partial charge in [-0.3, -0.25) is 4.98 Å². The van der Waals surface area contributed by atoms with Crippen molar-refractivity contribution in [3.63, 3.8) is 0 Å². The molecule has 0 unspecified atom stereocenters. The number of hydrogen-bond donors (Lipinski definition) is 2. The SMILES string of the molecule is NC(=S)c1ccc(Cl)cc1Nc1ccc2ncccc2c1. The van der Waals surface area contributed by atoms with Gasteiger partial charge in [-0.25, -0.2) is 0 Å². The zero-order valence-corrected chi connectivity index (χ0v) is 12.6. The molecule has 0 saturated carbocycles. The molecule has 0 aliphatic carbocycles. The predicted molar refractivity (Wildman–Crippen MR) is 92.4 cm³/mol. The molecule has 0 radical (unpaired) electrons. The van der Waals surface area contributed by atoms with Crippen LogP contribution in [0, 0.1) is 0 Å². The van der Waals surface area contributed by atoms with Crippen LogP contribution in [0.25, 0.3) is 10.9 Å². The summed E-state index contributed by atoms with van der Waals surface area (Å²) in [6.45, 7) is 0. The number of benzene rings is 2. The number of thiocarbonyl (C=S) groups is 1. The molecule has 2 aromatic carbocycles. The van der Waals surface area contributed by atoms with Crippen molar-refractivity contribution < 1.29 is 0 Å². The van der Waals surface area contributed by atoms with E-state index in [2.05, 4.69) is 10.3 Å². The Kier molecular flexibility index (Phi) is 3.73. The molecule has 1 heterocycles. The zero-order valence-electron chi connectivity index (χ0n) is 11.0. The van der Waals surface area contributed by atoms with Crippen LogP contribution in [-0.4, -0.2) is 9.97 Å². The Balaban J connectivity index is 2.02. The first-order valence-corrected chi connectivity index (χ1v) is 7.13. The normalized spacial score (nSPS) is 10.5. The number of rotatable bonds is 3. The summed E-state index contributed by atoms with van der Waals surface area (Å²) in [6.07, 6.45) is 1.78. The molecule has 3 rings (SSSR count). The fourth-order valence-corrected chi connectivity index (χ4v) is 2.49. The van der Waals surface area contributed by atoms with Gasteiger partial charge in [-0.1, -0.05) is 29.9 Å². The third-order valence-electron chi connectivity index (χ3n) is 3.13. The van der Waals surface area contributed by atoms with Crippen LogP contribution in [0.1, 0.15) is 5.56 Å². The minimum Gasteiger partial charge on any atom is -0.389 e. The number of nitrogens with two attached hydrogens (primary N) is 1. The molecule has 1 aromatic heterocycles. The molecule has 0 aliphatic heterocycles. The highest BCUT2D eigenvalue weighted by molar-refractivity contribution is 7.80. The summed E-state index contributed by atoms with van der Waals surface area (Å²) in [5, 5.41) is 4.99. The summed E-state index contributed by atoms with van der Waals surface area (Å²) in [4.78, 5) is 4.63. The summed E-state index contributed by atoms with van der Waals surface area (Å²) in [6, 6.07) is 15.3. The highest BCUT2D eigenvalue weighted by Crippen LogP contribution is 2.26. The van der Waals surface area contributed by atoms with Crippen molar-refractivity contribution in [1.82, 2.24) is 4.98 Å². The van der Waals surface area contributed by atoms with Gasteiger partial charge in [0.2, 0.25) is 0 Å². The Labute approximate surface area is 132 Å². The van der Waals surface area contributed by atoms with Crippen LogP contribution in [0.3, 0.4) is 0 Å². The molecule has 3 nitrogen and oxygen atoms in total. The Morgan fingerprint density at radius 3 is 2.81 bits per heavy atom. The van der Waals surface area contributed by atoms with Gasteiger partial charge in [-0.2, -0.15) is 0 Å². The summed E-state index contributed by atoms with van der Waals surface area (Å²) in [5.41, 5.74) is 9.18. The van der Waals surface area contributed by atoms with Crippen molar-refractivity contribution >= 4 is 51.1 Å².